The number of fused-ring (bicyclic) bond motifs is 1. The number of tetrazole rings is 1. The summed E-state index contributed by atoms with van der Waals surface area (Å²) in [6.07, 6.45) is 0.746. The van der Waals surface area contributed by atoms with Gasteiger partial charge in [-0.05, 0) is 45.8 Å². The van der Waals surface area contributed by atoms with Gasteiger partial charge in [0.05, 0.1) is 11.8 Å². The molecule has 114 valence electrons. The lowest BCUT2D eigenvalue weighted by Gasteiger charge is -2.23. The molecular weight excluding hydrogens is 422 g/mol. The Hall–Kier alpha value is -1.86. The second-order valence-corrected chi connectivity index (χ2v) is 7.10. The topological polar surface area (TPSA) is 56.0 Å². The molecule has 1 unspecified atom stereocenters. The van der Waals surface area contributed by atoms with E-state index in [0.29, 0.717) is 5.95 Å². The van der Waals surface area contributed by atoms with Crippen LogP contribution in [0.1, 0.15) is 23.6 Å². The van der Waals surface area contributed by atoms with Crippen LogP contribution in [0.3, 0.4) is 0 Å². The molecule has 0 aliphatic carbocycles. The first-order valence-electron chi connectivity index (χ1n) is 7.07. The van der Waals surface area contributed by atoms with Gasteiger partial charge in [0.15, 0.2) is 0 Å². The van der Waals surface area contributed by atoms with Crippen LogP contribution in [0.25, 0.3) is 0 Å². The molecule has 0 amide bonds. The van der Waals surface area contributed by atoms with Crippen LogP contribution in [-0.2, 0) is 0 Å². The monoisotopic (exact) mass is 431 g/mol. The van der Waals surface area contributed by atoms with Gasteiger partial charge in [0.25, 0.3) is 5.95 Å². The Balaban J connectivity index is 1.79. The first-order chi connectivity index (χ1) is 11.2. The van der Waals surface area contributed by atoms with Gasteiger partial charge in [0.2, 0.25) is 0 Å². The molecule has 5 nitrogen and oxygen atoms in total. The van der Waals surface area contributed by atoms with E-state index in [4.69, 9.17) is 0 Å². The molecule has 7 heteroatoms. The van der Waals surface area contributed by atoms with Crippen molar-refractivity contribution >= 4 is 43.5 Å². The first kappa shape index (κ1) is 14.7. The summed E-state index contributed by atoms with van der Waals surface area (Å²) in [7, 11) is 0. The van der Waals surface area contributed by atoms with Crippen molar-refractivity contribution in [3.8, 4) is 0 Å². The molecule has 23 heavy (non-hydrogen) atoms. The van der Waals surface area contributed by atoms with E-state index in [9.17, 15) is 0 Å². The lowest BCUT2D eigenvalue weighted by Crippen LogP contribution is -2.21. The standard InChI is InChI=1S/C16H11Br2N5/c17-12-6-4-10(5-7-12)15-9-14(11-2-1-3-13(18)8-11)19-16-20-21-22-23(15)16/h1-8,15H,9H2. The van der Waals surface area contributed by atoms with Crippen LogP contribution in [0, 0.1) is 0 Å². The molecular formula is C16H11Br2N5. The molecule has 2 aromatic carbocycles. The third-order valence-corrected chi connectivity index (χ3v) is 4.83. The Bertz CT molecular complexity index is 885. The second-order valence-electron chi connectivity index (χ2n) is 5.26. The summed E-state index contributed by atoms with van der Waals surface area (Å²) in [5.74, 6) is 0.541. The van der Waals surface area contributed by atoms with Crippen molar-refractivity contribution in [1.82, 2.24) is 20.2 Å². The molecule has 0 fully saturated rings. The van der Waals surface area contributed by atoms with E-state index >= 15 is 0 Å². The highest BCUT2D eigenvalue weighted by molar-refractivity contribution is 9.10. The molecule has 1 aromatic heterocycles. The smallest absolute Gasteiger partial charge is 0.214 e. The number of nitrogens with zero attached hydrogens (tertiary/aromatic N) is 5. The minimum absolute atomic E-state index is 0.0413. The average Bonchev–Trinajstić information content (AvgIpc) is 3.03. The largest absolute Gasteiger partial charge is 0.269 e. The Morgan fingerprint density at radius 3 is 2.61 bits per heavy atom. The molecule has 4 rings (SSSR count). The number of aromatic nitrogens is 4. The highest BCUT2D eigenvalue weighted by Gasteiger charge is 2.26. The zero-order valence-electron chi connectivity index (χ0n) is 11.9. The van der Waals surface area contributed by atoms with Crippen molar-refractivity contribution in [2.75, 3.05) is 0 Å². The highest BCUT2D eigenvalue weighted by Crippen LogP contribution is 2.32. The number of aliphatic imine (C=N–C) groups is 1. The maximum atomic E-state index is 4.62. The fourth-order valence-electron chi connectivity index (χ4n) is 2.69. The van der Waals surface area contributed by atoms with E-state index in [2.05, 4.69) is 76.6 Å². The molecule has 0 spiro atoms. The molecule has 0 radical (unpaired) electrons. The number of hydrogen-bond acceptors (Lipinski definition) is 4. The maximum absolute atomic E-state index is 4.62. The van der Waals surface area contributed by atoms with Crippen LogP contribution in [0.5, 0.6) is 0 Å². The van der Waals surface area contributed by atoms with Crippen molar-refractivity contribution in [3.05, 3.63) is 68.6 Å². The summed E-state index contributed by atoms with van der Waals surface area (Å²) in [6.45, 7) is 0. The van der Waals surface area contributed by atoms with Crippen LogP contribution in [0.2, 0.25) is 0 Å². The minimum atomic E-state index is 0.0413. The average molecular weight is 433 g/mol. The van der Waals surface area contributed by atoms with E-state index in [-0.39, 0.29) is 6.04 Å². The van der Waals surface area contributed by atoms with E-state index < -0.39 is 0 Å². The molecule has 0 saturated carbocycles. The normalized spacial score (nSPS) is 16.8. The predicted octanol–water partition coefficient (Wildman–Crippen LogP) is 4.31. The van der Waals surface area contributed by atoms with Gasteiger partial charge >= 0.3 is 0 Å². The fourth-order valence-corrected chi connectivity index (χ4v) is 3.36. The van der Waals surface area contributed by atoms with Crippen molar-refractivity contribution in [1.29, 1.82) is 0 Å². The Labute approximate surface area is 149 Å². The van der Waals surface area contributed by atoms with Gasteiger partial charge in [0, 0.05) is 15.4 Å². The fraction of sp³-hybridized carbons (Fsp3) is 0.125. The summed E-state index contributed by atoms with van der Waals surface area (Å²) < 4.78 is 3.86. The van der Waals surface area contributed by atoms with Crippen molar-refractivity contribution < 1.29 is 0 Å². The molecule has 0 bridgehead atoms. The van der Waals surface area contributed by atoms with Crippen LogP contribution < -0.4 is 0 Å². The number of hydrogen-bond donors (Lipinski definition) is 0. The lowest BCUT2D eigenvalue weighted by atomic mass is 9.96. The summed E-state index contributed by atoms with van der Waals surface area (Å²) in [4.78, 5) is 4.62. The molecule has 1 aliphatic rings. The second kappa shape index (κ2) is 5.98. The summed E-state index contributed by atoms with van der Waals surface area (Å²) in [6, 6.07) is 16.4. The molecule has 0 N–H and O–H groups in total. The minimum Gasteiger partial charge on any atom is -0.214 e. The predicted molar refractivity (Wildman–Crippen MR) is 95.1 cm³/mol. The van der Waals surface area contributed by atoms with Crippen molar-refractivity contribution in [2.24, 2.45) is 4.99 Å². The van der Waals surface area contributed by atoms with Crippen LogP contribution in [0.15, 0.2) is 62.5 Å². The molecule has 0 saturated heterocycles. The van der Waals surface area contributed by atoms with Gasteiger partial charge in [-0.25, -0.2) is 9.67 Å². The Morgan fingerprint density at radius 2 is 1.83 bits per heavy atom. The van der Waals surface area contributed by atoms with Crippen LogP contribution in [0.4, 0.5) is 5.95 Å². The van der Waals surface area contributed by atoms with Crippen LogP contribution >= 0.6 is 31.9 Å². The highest BCUT2D eigenvalue weighted by atomic mass is 79.9. The SMILES string of the molecule is Brc1ccc(C2CC(c3cccc(Br)c3)=Nc3nnnn32)cc1. The quantitative estimate of drug-likeness (QED) is 0.606. The van der Waals surface area contributed by atoms with E-state index in [1.165, 1.54) is 0 Å². The van der Waals surface area contributed by atoms with Crippen LogP contribution in [-0.4, -0.2) is 25.9 Å². The van der Waals surface area contributed by atoms with Gasteiger partial charge in [0.1, 0.15) is 0 Å². The molecule has 1 atom stereocenters. The third-order valence-electron chi connectivity index (χ3n) is 3.80. The zero-order chi connectivity index (χ0) is 15.8. The van der Waals surface area contributed by atoms with Gasteiger partial charge in [-0.1, -0.05) is 61.2 Å². The van der Waals surface area contributed by atoms with Crippen molar-refractivity contribution in [3.63, 3.8) is 0 Å². The summed E-state index contributed by atoms with van der Waals surface area (Å²) in [5, 5.41) is 11.9. The summed E-state index contributed by atoms with van der Waals surface area (Å²) >= 11 is 6.99. The first-order valence-corrected chi connectivity index (χ1v) is 8.66. The van der Waals surface area contributed by atoms with E-state index in [1.807, 2.05) is 24.3 Å². The van der Waals surface area contributed by atoms with E-state index in [0.717, 1.165) is 32.2 Å². The van der Waals surface area contributed by atoms with Gasteiger partial charge in [-0.15, -0.1) is 0 Å². The zero-order valence-corrected chi connectivity index (χ0v) is 15.1. The molecule has 2 heterocycles. The number of benzene rings is 2. The Morgan fingerprint density at radius 1 is 1.00 bits per heavy atom. The van der Waals surface area contributed by atoms with Gasteiger partial charge < -0.3 is 0 Å². The lowest BCUT2D eigenvalue weighted by molar-refractivity contribution is 0.515. The van der Waals surface area contributed by atoms with Gasteiger partial charge in [-0.3, -0.25) is 0 Å². The summed E-state index contributed by atoms with van der Waals surface area (Å²) in [5.41, 5.74) is 3.22. The molecule has 1 aliphatic heterocycles. The molecule has 3 aromatic rings. The third kappa shape index (κ3) is 2.86. The Kier molecular flexibility index (Phi) is 3.82. The van der Waals surface area contributed by atoms with Gasteiger partial charge in [-0.2, -0.15) is 0 Å². The van der Waals surface area contributed by atoms with E-state index in [1.54, 1.807) is 4.68 Å². The maximum Gasteiger partial charge on any atom is 0.269 e. The number of rotatable bonds is 2. The van der Waals surface area contributed by atoms with Crippen molar-refractivity contribution in [2.45, 2.75) is 12.5 Å². The number of halogens is 2.